The Labute approximate surface area is 215 Å². The summed E-state index contributed by atoms with van der Waals surface area (Å²) in [7, 11) is 1.65. The Bertz CT molecular complexity index is 1190. The van der Waals surface area contributed by atoms with E-state index in [1.54, 1.807) is 13.2 Å². The number of carbonyl (C=O) groups is 2. The minimum absolute atomic E-state index is 0.00453. The second-order valence-electron chi connectivity index (χ2n) is 9.91. The van der Waals surface area contributed by atoms with Gasteiger partial charge >= 0.3 is 0 Å². The van der Waals surface area contributed by atoms with Crippen molar-refractivity contribution in [3.8, 4) is 5.75 Å². The van der Waals surface area contributed by atoms with E-state index in [0.717, 1.165) is 43.2 Å². The number of anilines is 1. The zero-order valence-corrected chi connectivity index (χ0v) is 21.7. The summed E-state index contributed by atoms with van der Waals surface area (Å²) in [6.45, 7) is 4.65. The van der Waals surface area contributed by atoms with Gasteiger partial charge in [0.1, 0.15) is 12.0 Å². The quantitative estimate of drug-likeness (QED) is 0.181. The van der Waals surface area contributed by atoms with Gasteiger partial charge in [0, 0.05) is 34.9 Å². The largest absolute Gasteiger partial charge is 0.496 e. The maximum absolute atomic E-state index is 13.9. The van der Waals surface area contributed by atoms with E-state index in [0.29, 0.717) is 23.4 Å². The van der Waals surface area contributed by atoms with Crippen molar-refractivity contribution in [2.75, 3.05) is 18.6 Å². The molecule has 1 aliphatic heterocycles. The van der Waals surface area contributed by atoms with Crippen molar-refractivity contribution in [3.05, 3.63) is 95.1 Å². The van der Waals surface area contributed by atoms with E-state index < -0.39 is 0 Å². The molecule has 0 saturated carbocycles. The molecule has 1 amide bonds. The molecule has 1 heterocycles. The number of fused-ring (bicyclic) bond motifs is 1. The third-order valence-corrected chi connectivity index (χ3v) is 7.73. The molecule has 1 aliphatic carbocycles. The number of hydrogen-bond donors (Lipinski definition) is 0. The first-order chi connectivity index (χ1) is 17.5. The lowest BCUT2D eigenvalue weighted by molar-refractivity contribution is -0.104. The average molecular weight is 484 g/mol. The van der Waals surface area contributed by atoms with Crippen LogP contribution in [0.25, 0.3) is 0 Å². The Balaban J connectivity index is 1.65. The molecule has 0 N–H and O–H groups in total. The zero-order chi connectivity index (χ0) is 25.5. The Morgan fingerprint density at radius 1 is 1.19 bits per heavy atom. The normalized spacial score (nSPS) is 20.8. The molecule has 2 unspecified atom stereocenters. The van der Waals surface area contributed by atoms with Crippen LogP contribution in [0.4, 0.5) is 5.69 Å². The van der Waals surface area contributed by atoms with Crippen LogP contribution in [-0.2, 0) is 11.2 Å². The fraction of sp³-hybridized carbons (Fsp3) is 0.375. The predicted octanol–water partition coefficient (Wildman–Crippen LogP) is 7.21. The number of nitrogens with zero attached hydrogens (tertiary/aromatic N) is 1. The highest BCUT2D eigenvalue weighted by atomic mass is 16.5. The molecule has 0 radical (unpaired) electrons. The molecule has 2 atom stereocenters. The van der Waals surface area contributed by atoms with Crippen LogP contribution >= 0.6 is 0 Å². The van der Waals surface area contributed by atoms with Gasteiger partial charge in [-0.3, -0.25) is 9.59 Å². The second kappa shape index (κ2) is 11.6. The molecular weight excluding hydrogens is 446 g/mol. The molecule has 2 aromatic rings. The zero-order valence-electron chi connectivity index (χ0n) is 21.7. The van der Waals surface area contributed by atoms with Crippen LogP contribution in [0.5, 0.6) is 5.75 Å². The molecule has 0 saturated heterocycles. The van der Waals surface area contributed by atoms with E-state index in [4.69, 9.17) is 4.74 Å². The van der Waals surface area contributed by atoms with E-state index in [9.17, 15) is 9.59 Å². The fourth-order valence-electron chi connectivity index (χ4n) is 5.60. The highest BCUT2D eigenvalue weighted by Crippen LogP contribution is 2.43. The molecule has 0 aromatic heterocycles. The highest BCUT2D eigenvalue weighted by molar-refractivity contribution is 6.07. The maximum Gasteiger partial charge on any atom is 0.258 e. The Kier molecular flexibility index (Phi) is 8.25. The van der Waals surface area contributed by atoms with Crippen LogP contribution in [0, 0.1) is 5.41 Å². The molecule has 4 heteroatoms. The molecule has 0 fully saturated rings. The first-order valence-electron chi connectivity index (χ1n) is 13.1. The van der Waals surface area contributed by atoms with Crippen molar-refractivity contribution in [3.63, 3.8) is 0 Å². The maximum atomic E-state index is 13.9. The monoisotopic (exact) mass is 483 g/mol. The molecular formula is C32H37NO3. The number of para-hydroxylation sites is 1. The fourth-order valence-corrected chi connectivity index (χ4v) is 5.60. The molecule has 2 aromatic carbocycles. The lowest BCUT2D eigenvalue weighted by Crippen LogP contribution is -2.33. The second-order valence-corrected chi connectivity index (χ2v) is 9.91. The molecule has 2 aliphatic rings. The average Bonchev–Trinajstić information content (AvgIpc) is 3.07. The third kappa shape index (κ3) is 5.38. The van der Waals surface area contributed by atoms with Crippen LogP contribution in [-0.4, -0.2) is 25.8 Å². The number of hydrogen-bond acceptors (Lipinski definition) is 3. The van der Waals surface area contributed by atoms with Crippen molar-refractivity contribution in [2.24, 2.45) is 5.41 Å². The number of aldehydes is 1. The van der Waals surface area contributed by atoms with Crippen LogP contribution in [0.1, 0.15) is 73.4 Å². The number of ether oxygens (including phenoxy) is 1. The van der Waals surface area contributed by atoms with Crippen molar-refractivity contribution in [1.82, 2.24) is 0 Å². The van der Waals surface area contributed by atoms with E-state index in [1.807, 2.05) is 48.2 Å². The van der Waals surface area contributed by atoms with Gasteiger partial charge in [-0.15, -0.1) is 0 Å². The van der Waals surface area contributed by atoms with Gasteiger partial charge in [0.15, 0.2) is 0 Å². The summed E-state index contributed by atoms with van der Waals surface area (Å²) in [6, 6.07) is 14.1. The number of methoxy groups -OCH3 is 1. The van der Waals surface area contributed by atoms with E-state index in [2.05, 4.69) is 37.3 Å². The first-order valence-corrected chi connectivity index (χ1v) is 13.1. The number of rotatable bonds is 7. The molecule has 4 nitrogen and oxygen atoms in total. The van der Waals surface area contributed by atoms with E-state index >= 15 is 0 Å². The van der Waals surface area contributed by atoms with Gasteiger partial charge in [0.2, 0.25) is 0 Å². The molecule has 4 rings (SSSR count). The Morgan fingerprint density at radius 3 is 2.72 bits per heavy atom. The van der Waals surface area contributed by atoms with Crippen LogP contribution < -0.4 is 9.64 Å². The molecule has 36 heavy (non-hydrogen) atoms. The summed E-state index contributed by atoms with van der Waals surface area (Å²) in [5.74, 6) is 0.779. The van der Waals surface area contributed by atoms with Gasteiger partial charge < -0.3 is 9.64 Å². The summed E-state index contributed by atoms with van der Waals surface area (Å²) in [5.41, 5.74) is 4.68. The third-order valence-electron chi connectivity index (χ3n) is 7.73. The van der Waals surface area contributed by atoms with E-state index in [-0.39, 0.29) is 17.2 Å². The summed E-state index contributed by atoms with van der Waals surface area (Å²) in [5, 5.41) is 0. The van der Waals surface area contributed by atoms with Crippen LogP contribution in [0.3, 0.4) is 0 Å². The number of amides is 1. The topological polar surface area (TPSA) is 46.6 Å². The minimum atomic E-state index is 0.00453. The SMILES string of the molecule is C/C=C(C=O)\C=C/C(CC)c1ccc(C(=O)N2CCC3(C=CCCC3)Cc3ccccc32)cc1OC. The molecule has 0 bridgehead atoms. The summed E-state index contributed by atoms with van der Waals surface area (Å²) < 4.78 is 5.75. The van der Waals surface area contributed by atoms with E-state index in [1.165, 1.54) is 18.4 Å². The standard InChI is InChI=1S/C32H37NO3/c1-4-24(23-34)13-14-25(5-2)28-16-15-26(21-30(28)36-3)31(35)33-20-19-32(17-9-6-10-18-32)22-27-11-7-8-12-29(27)33/h4,7-9,11-17,21,23,25H,5-6,10,18-20,22H2,1-3H3/b14-13-,24-4+. The van der Waals surface area contributed by atoms with Crippen LogP contribution in [0.15, 0.2) is 78.4 Å². The van der Waals surface area contributed by atoms with Gasteiger partial charge in [0.05, 0.1) is 7.11 Å². The lowest BCUT2D eigenvalue weighted by atomic mass is 9.72. The summed E-state index contributed by atoms with van der Waals surface area (Å²) in [4.78, 5) is 27.0. The molecule has 1 spiro atoms. The van der Waals surface area contributed by atoms with Crippen molar-refractivity contribution in [1.29, 1.82) is 0 Å². The lowest BCUT2D eigenvalue weighted by Gasteiger charge is -2.32. The number of benzene rings is 2. The van der Waals surface area contributed by atoms with Crippen molar-refractivity contribution in [2.45, 2.75) is 58.3 Å². The van der Waals surface area contributed by atoms with Crippen LogP contribution in [0.2, 0.25) is 0 Å². The Morgan fingerprint density at radius 2 is 2.03 bits per heavy atom. The predicted molar refractivity (Wildman–Crippen MR) is 147 cm³/mol. The number of allylic oxidation sites excluding steroid dienone is 6. The van der Waals surface area contributed by atoms with Gasteiger partial charge in [-0.2, -0.15) is 0 Å². The van der Waals surface area contributed by atoms with Crippen molar-refractivity contribution < 1.29 is 14.3 Å². The molecule has 188 valence electrons. The van der Waals surface area contributed by atoms with Gasteiger partial charge in [0.25, 0.3) is 5.91 Å². The number of carbonyl (C=O) groups excluding carboxylic acids is 2. The summed E-state index contributed by atoms with van der Waals surface area (Å²) in [6.07, 6.45) is 17.6. The minimum Gasteiger partial charge on any atom is -0.496 e. The van der Waals surface area contributed by atoms with Gasteiger partial charge in [-0.25, -0.2) is 0 Å². The first kappa shape index (κ1) is 25.7. The highest BCUT2D eigenvalue weighted by Gasteiger charge is 2.35. The van der Waals surface area contributed by atoms with Gasteiger partial charge in [-0.1, -0.05) is 61.6 Å². The Hall–Kier alpha value is -3.40. The van der Waals surface area contributed by atoms with Gasteiger partial charge in [-0.05, 0) is 74.6 Å². The summed E-state index contributed by atoms with van der Waals surface area (Å²) >= 11 is 0. The smallest absolute Gasteiger partial charge is 0.258 e. The van der Waals surface area contributed by atoms with Crippen molar-refractivity contribution >= 4 is 17.9 Å².